The molecule has 5 nitrogen and oxygen atoms in total. The largest absolute Gasteiger partial charge is 0.481 e. The number of carbonyl (C=O) groups is 2. The van der Waals surface area contributed by atoms with Crippen molar-refractivity contribution in [3.63, 3.8) is 0 Å². The summed E-state index contributed by atoms with van der Waals surface area (Å²) in [4.78, 5) is 25.4. The van der Waals surface area contributed by atoms with E-state index < -0.39 is 11.4 Å². The molecule has 2 amide bonds. The minimum atomic E-state index is -0.876. The standard InChI is InChI=1S/C16H28N2O3/c1-3-16(2,14(19)20)11-17-15(21)18-9-8-12-6-4-5-7-13(12)10-18/h12-13H,3-11H2,1-2H3,(H,17,21)(H,19,20). The molecule has 2 aliphatic rings. The number of urea groups is 1. The Morgan fingerprint density at radius 3 is 2.52 bits per heavy atom. The van der Waals surface area contributed by atoms with Crippen LogP contribution in [-0.2, 0) is 4.79 Å². The molecule has 1 heterocycles. The molecule has 2 rings (SSSR count). The van der Waals surface area contributed by atoms with E-state index >= 15 is 0 Å². The van der Waals surface area contributed by atoms with E-state index in [1.54, 1.807) is 6.92 Å². The summed E-state index contributed by atoms with van der Waals surface area (Å²) >= 11 is 0. The third-order valence-corrected chi connectivity index (χ3v) is 5.50. The Bertz CT molecular complexity index is 399. The summed E-state index contributed by atoms with van der Waals surface area (Å²) in [6.45, 7) is 5.37. The van der Waals surface area contributed by atoms with Crippen molar-refractivity contribution in [2.75, 3.05) is 19.6 Å². The first-order valence-electron chi connectivity index (χ1n) is 8.22. The molecule has 0 aromatic carbocycles. The maximum absolute atomic E-state index is 12.3. The van der Waals surface area contributed by atoms with Crippen molar-refractivity contribution in [3.05, 3.63) is 0 Å². The number of piperidine rings is 1. The first-order chi connectivity index (χ1) is 9.96. The average Bonchev–Trinajstić information content (AvgIpc) is 2.51. The van der Waals surface area contributed by atoms with Crippen LogP contribution < -0.4 is 5.32 Å². The van der Waals surface area contributed by atoms with Gasteiger partial charge in [-0.25, -0.2) is 4.79 Å². The number of rotatable bonds is 4. The third kappa shape index (κ3) is 3.69. The van der Waals surface area contributed by atoms with Crippen LogP contribution in [0.15, 0.2) is 0 Å². The number of carboxylic acid groups (broad SMARTS) is 1. The maximum Gasteiger partial charge on any atom is 0.317 e. The van der Waals surface area contributed by atoms with Crippen molar-refractivity contribution in [3.8, 4) is 0 Å². The summed E-state index contributed by atoms with van der Waals surface area (Å²) in [6.07, 6.45) is 6.77. The summed E-state index contributed by atoms with van der Waals surface area (Å²) < 4.78 is 0. The second-order valence-corrected chi connectivity index (χ2v) is 6.92. The van der Waals surface area contributed by atoms with Crippen LogP contribution in [0, 0.1) is 17.3 Å². The summed E-state index contributed by atoms with van der Waals surface area (Å²) in [5, 5.41) is 12.1. The number of nitrogens with one attached hydrogen (secondary N) is 1. The fraction of sp³-hybridized carbons (Fsp3) is 0.875. The van der Waals surface area contributed by atoms with Gasteiger partial charge in [0.15, 0.2) is 0 Å². The molecule has 1 saturated heterocycles. The highest BCUT2D eigenvalue weighted by molar-refractivity contribution is 5.78. The molecule has 3 unspecified atom stereocenters. The number of likely N-dealkylation sites (tertiary alicyclic amines) is 1. The SMILES string of the molecule is CCC(C)(CNC(=O)N1CCC2CCCCC2C1)C(=O)O. The number of fused-ring (bicyclic) bond motifs is 1. The van der Waals surface area contributed by atoms with Gasteiger partial charge in [-0.2, -0.15) is 0 Å². The van der Waals surface area contributed by atoms with Gasteiger partial charge < -0.3 is 15.3 Å². The Balaban J connectivity index is 1.85. The lowest BCUT2D eigenvalue weighted by Crippen LogP contribution is -2.51. The zero-order valence-corrected chi connectivity index (χ0v) is 13.2. The number of aliphatic carboxylic acids is 1. The van der Waals surface area contributed by atoms with Gasteiger partial charge in [0.05, 0.1) is 5.41 Å². The predicted molar refractivity (Wildman–Crippen MR) is 81.1 cm³/mol. The van der Waals surface area contributed by atoms with Gasteiger partial charge in [0.2, 0.25) is 0 Å². The molecule has 1 aliphatic heterocycles. The molecule has 0 spiro atoms. The number of hydrogen-bond acceptors (Lipinski definition) is 2. The Morgan fingerprint density at radius 1 is 1.24 bits per heavy atom. The highest BCUT2D eigenvalue weighted by atomic mass is 16.4. The average molecular weight is 296 g/mol. The van der Waals surface area contributed by atoms with Crippen molar-refractivity contribution >= 4 is 12.0 Å². The number of nitrogens with zero attached hydrogens (tertiary/aromatic N) is 1. The van der Waals surface area contributed by atoms with Crippen LogP contribution in [-0.4, -0.2) is 41.6 Å². The molecule has 0 aromatic heterocycles. The smallest absolute Gasteiger partial charge is 0.317 e. The van der Waals surface area contributed by atoms with Crippen LogP contribution in [0.25, 0.3) is 0 Å². The van der Waals surface area contributed by atoms with Crippen molar-refractivity contribution in [2.45, 2.75) is 52.4 Å². The van der Waals surface area contributed by atoms with Crippen LogP contribution in [0.5, 0.6) is 0 Å². The van der Waals surface area contributed by atoms with E-state index in [4.69, 9.17) is 0 Å². The first-order valence-corrected chi connectivity index (χ1v) is 8.22. The molecule has 0 bridgehead atoms. The van der Waals surface area contributed by atoms with Crippen molar-refractivity contribution in [2.24, 2.45) is 17.3 Å². The van der Waals surface area contributed by atoms with Crippen LogP contribution >= 0.6 is 0 Å². The van der Waals surface area contributed by atoms with E-state index in [0.717, 1.165) is 25.4 Å². The molecule has 21 heavy (non-hydrogen) atoms. The molecule has 2 N–H and O–H groups in total. The fourth-order valence-electron chi connectivity index (χ4n) is 3.52. The minimum absolute atomic E-state index is 0.0973. The summed E-state index contributed by atoms with van der Waals surface area (Å²) in [5.74, 6) is 0.592. The van der Waals surface area contributed by atoms with Gasteiger partial charge >= 0.3 is 12.0 Å². The number of amides is 2. The highest BCUT2D eigenvalue weighted by Crippen LogP contribution is 2.36. The number of carbonyl (C=O) groups excluding carboxylic acids is 1. The fourth-order valence-corrected chi connectivity index (χ4v) is 3.52. The Kier molecular flexibility index (Phi) is 5.12. The van der Waals surface area contributed by atoms with Crippen molar-refractivity contribution < 1.29 is 14.7 Å². The third-order valence-electron chi connectivity index (χ3n) is 5.50. The molecule has 0 radical (unpaired) electrons. The van der Waals surface area contributed by atoms with E-state index in [1.807, 2.05) is 11.8 Å². The molecule has 1 saturated carbocycles. The predicted octanol–water partition coefficient (Wildman–Crippen LogP) is 2.71. The zero-order valence-electron chi connectivity index (χ0n) is 13.2. The summed E-state index contributed by atoms with van der Waals surface area (Å²) in [5.41, 5.74) is -0.876. The van der Waals surface area contributed by atoms with Crippen LogP contribution in [0.2, 0.25) is 0 Å². The van der Waals surface area contributed by atoms with Gasteiger partial charge in [-0.3, -0.25) is 4.79 Å². The summed E-state index contributed by atoms with van der Waals surface area (Å²) in [6, 6.07) is -0.0973. The minimum Gasteiger partial charge on any atom is -0.481 e. The van der Waals surface area contributed by atoms with Gasteiger partial charge in [0.1, 0.15) is 0 Å². The molecule has 0 aromatic rings. The molecule has 5 heteroatoms. The van der Waals surface area contributed by atoms with Gasteiger partial charge in [0, 0.05) is 19.6 Å². The number of carboxylic acids is 1. The second kappa shape index (κ2) is 6.67. The lowest BCUT2D eigenvalue weighted by Gasteiger charge is -2.41. The highest BCUT2D eigenvalue weighted by Gasteiger charge is 2.35. The first kappa shape index (κ1) is 16.1. The Morgan fingerprint density at radius 2 is 1.90 bits per heavy atom. The van der Waals surface area contributed by atoms with Gasteiger partial charge in [0.25, 0.3) is 0 Å². The molecular weight excluding hydrogens is 268 g/mol. The van der Waals surface area contributed by atoms with Crippen molar-refractivity contribution in [1.82, 2.24) is 10.2 Å². The Labute approximate surface area is 127 Å². The Hall–Kier alpha value is -1.26. The topological polar surface area (TPSA) is 69.6 Å². The normalized spacial score (nSPS) is 28.4. The van der Waals surface area contributed by atoms with Crippen molar-refractivity contribution in [1.29, 1.82) is 0 Å². The maximum atomic E-state index is 12.3. The van der Waals surface area contributed by atoms with Gasteiger partial charge in [-0.1, -0.05) is 26.2 Å². The second-order valence-electron chi connectivity index (χ2n) is 6.92. The molecular formula is C16H28N2O3. The lowest BCUT2D eigenvalue weighted by molar-refractivity contribution is -0.147. The van der Waals surface area contributed by atoms with Gasteiger partial charge in [-0.05, 0) is 38.0 Å². The van der Waals surface area contributed by atoms with E-state index in [9.17, 15) is 14.7 Å². The van der Waals surface area contributed by atoms with Crippen LogP contribution in [0.3, 0.4) is 0 Å². The van der Waals surface area contributed by atoms with Crippen LogP contribution in [0.1, 0.15) is 52.4 Å². The van der Waals surface area contributed by atoms with Crippen LogP contribution in [0.4, 0.5) is 4.79 Å². The zero-order chi connectivity index (χ0) is 15.5. The molecule has 120 valence electrons. The quantitative estimate of drug-likeness (QED) is 0.838. The summed E-state index contributed by atoms with van der Waals surface area (Å²) in [7, 11) is 0. The van der Waals surface area contributed by atoms with E-state index in [2.05, 4.69) is 5.32 Å². The number of hydrogen-bond donors (Lipinski definition) is 2. The lowest BCUT2D eigenvalue weighted by atomic mass is 9.75. The molecule has 3 atom stereocenters. The monoisotopic (exact) mass is 296 g/mol. The van der Waals surface area contributed by atoms with E-state index in [-0.39, 0.29) is 12.6 Å². The van der Waals surface area contributed by atoms with E-state index in [0.29, 0.717) is 12.3 Å². The van der Waals surface area contributed by atoms with Gasteiger partial charge in [-0.15, -0.1) is 0 Å². The molecule has 1 aliphatic carbocycles. The van der Waals surface area contributed by atoms with E-state index in [1.165, 1.54) is 25.7 Å². The molecule has 2 fully saturated rings.